The van der Waals surface area contributed by atoms with Crippen LogP contribution in [0.15, 0.2) is 58.3 Å². The SMILES string of the molecule is CCC(C)c1ccc(S(=O)(=O)Cl)cc1.CCC(C)c1ccc(S(=O)(=O)[O-])cc1.O=P(Cl)(Cl)Cl.S=P[S-].S=[P+]([S-])Cl.[K+].[K+]. The van der Waals surface area contributed by atoms with Crippen LogP contribution in [0.5, 0.6) is 0 Å². The van der Waals surface area contributed by atoms with Crippen molar-refractivity contribution < 1.29 is 129 Å². The second kappa shape index (κ2) is 30.8. The molecule has 42 heavy (non-hydrogen) atoms. The summed E-state index contributed by atoms with van der Waals surface area (Å²) < 4.78 is 63.3. The van der Waals surface area contributed by atoms with Crippen molar-refractivity contribution in [3.05, 3.63) is 59.7 Å². The first kappa shape index (κ1) is 56.4. The first-order valence-corrected chi connectivity index (χ1v) is 25.9. The maximum absolute atomic E-state index is 10.9. The number of halogens is 5. The van der Waals surface area contributed by atoms with Crippen LogP contribution in [0.25, 0.3) is 0 Å². The first-order valence-electron chi connectivity index (χ1n) is 10.6. The largest absolute Gasteiger partial charge is 1.00 e. The smallest absolute Gasteiger partial charge is 0.744 e. The zero-order valence-electron chi connectivity index (χ0n) is 23.3. The van der Waals surface area contributed by atoms with Crippen LogP contribution in [0.4, 0.5) is 0 Å². The van der Waals surface area contributed by atoms with Crippen LogP contribution in [0.2, 0.25) is 0 Å². The molecule has 0 saturated heterocycles. The maximum Gasteiger partial charge on any atom is 1.00 e. The molecule has 2 aromatic rings. The number of hydrogen-bond acceptors (Lipinski definition) is 10. The molecule has 3 unspecified atom stereocenters. The van der Waals surface area contributed by atoms with Gasteiger partial charge < -0.3 is 29.1 Å². The van der Waals surface area contributed by atoms with Gasteiger partial charge in [0.05, 0.1) is 9.79 Å². The van der Waals surface area contributed by atoms with Crippen molar-refractivity contribution in [1.29, 1.82) is 0 Å². The molecule has 0 aromatic heterocycles. The van der Waals surface area contributed by atoms with Gasteiger partial charge in [-0.2, -0.15) is 6.56 Å². The molecule has 0 amide bonds. The van der Waals surface area contributed by atoms with Crippen LogP contribution in [-0.4, -0.2) is 21.4 Å². The molecule has 2 aromatic carbocycles. The molecule has 0 heterocycles. The average molecular weight is 903 g/mol. The zero-order chi connectivity index (χ0) is 32.3. The Hall–Kier alpha value is 4.99. The Kier molecular flexibility index (Phi) is 41.3. The molecule has 0 aliphatic heterocycles. The second-order valence-electron chi connectivity index (χ2n) is 7.33. The molecule has 6 nitrogen and oxygen atoms in total. The van der Waals surface area contributed by atoms with E-state index in [1.54, 1.807) is 24.3 Å². The zero-order valence-corrected chi connectivity index (χ0v) is 40.9. The minimum Gasteiger partial charge on any atom is -0.744 e. The van der Waals surface area contributed by atoms with Crippen molar-refractivity contribution in [2.24, 2.45) is 0 Å². The van der Waals surface area contributed by atoms with Crippen molar-refractivity contribution >= 4 is 140 Å². The van der Waals surface area contributed by atoms with Crippen LogP contribution in [0, 0.1) is 0 Å². The van der Waals surface area contributed by atoms with Gasteiger partial charge in [0.1, 0.15) is 21.4 Å². The molecule has 0 radical (unpaired) electrons. The third-order valence-electron chi connectivity index (χ3n) is 4.69. The molecule has 230 valence electrons. The van der Waals surface area contributed by atoms with E-state index in [-0.39, 0.29) is 113 Å². The molecular formula is C20H26Cl5K2O6P3S6. The Morgan fingerprint density at radius 3 is 1.26 bits per heavy atom. The topological polar surface area (TPSA) is 108 Å². The second-order valence-corrected chi connectivity index (χ2v) is 25.4. The fourth-order valence-corrected chi connectivity index (χ4v) is 3.63. The molecule has 3 atom stereocenters. The van der Waals surface area contributed by atoms with Crippen LogP contribution in [0.3, 0.4) is 0 Å². The molecule has 2 rings (SSSR count). The third kappa shape index (κ3) is 36.3. The fourth-order valence-electron chi connectivity index (χ4n) is 2.39. The molecule has 22 heteroatoms. The number of rotatable bonds is 6. The number of benzene rings is 2. The third-order valence-corrected chi connectivity index (χ3v) is 6.91. The van der Waals surface area contributed by atoms with E-state index >= 15 is 0 Å². The van der Waals surface area contributed by atoms with E-state index in [2.05, 4.69) is 110 Å². The monoisotopic (exact) mass is 900 g/mol. The standard InChI is InChI=1S/C10H13ClO2S.C10H14O3S.Cl3OP.ClPS2.2K.HPS2/c2*1-3-8(2)9-4-6-10(7-5-9)14(11,12)13;1-5(2,3)4;1-2(3)4;;;2-1-3/h4-8H,3H2,1-2H3;4-8H,3H2,1-2H3,(H,11,12,13);;;;;(H,2,3)/q;;;;2*+1;/p-2. The summed E-state index contributed by atoms with van der Waals surface area (Å²) in [6.45, 7) is 8.89. The molecule has 0 fully saturated rings. The maximum atomic E-state index is 10.9. The van der Waals surface area contributed by atoms with Gasteiger partial charge in [0.25, 0.3) is 9.05 Å². The normalized spacial score (nSPS) is 12.2. The van der Waals surface area contributed by atoms with Crippen LogP contribution < -0.4 is 103 Å². The molecule has 0 aliphatic rings. The average Bonchev–Trinajstić information content (AvgIpc) is 2.81. The predicted molar refractivity (Wildman–Crippen MR) is 186 cm³/mol. The Bertz CT molecular complexity index is 1200. The molecular weight excluding hydrogens is 877 g/mol. The van der Waals surface area contributed by atoms with Crippen LogP contribution >= 0.6 is 72.7 Å². The van der Waals surface area contributed by atoms with E-state index in [0.29, 0.717) is 18.4 Å². The van der Waals surface area contributed by atoms with Crippen molar-refractivity contribution in [3.8, 4) is 0 Å². The van der Waals surface area contributed by atoms with E-state index < -0.39 is 29.6 Å². The van der Waals surface area contributed by atoms with E-state index in [1.807, 2.05) is 12.1 Å². The summed E-state index contributed by atoms with van der Waals surface area (Å²) >= 11 is 35.7. The Labute approximate surface area is 382 Å². The van der Waals surface area contributed by atoms with E-state index in [1.165, 1.54) is 12.1 Å². The van der Waals surface area contributed by atoms with E-state index in [9.17, 15) is 26.0 Å². The van der Waals surface area contributed by atoms with Gasteiger partial charge in [-0.3, -0.25) is 4.57 Å². The summed E-state index contributed by atoms with van der Waals surface area (Å²) in [7, 11) is -2.69. The summed E-state index contributed by atoms with van der Waals surface area (Å²) in [5.41, 5.74) is 2.19. The molecule has 0 aliphatic carbocycles. The van der Waals surface area contributed by atoms with E-state index in [0.717, 1.165) is 24.0 Å². The first-order chi connectivity index (χ1) is 18.0. The Balaban J connectivity index is -0.000000153. The Morgan fingerprint density at radius 2 is 1.10 bits per heavy atom. The minimum atomic E-state index is -4.30. The summed E-state index contributed by atoms with van der Waals surface area (Å²) in [5, 5.41) is -4.20. The van der Waals surface area contributed by atoms with Gasteiger partial charge in [-0.15, -0.1) is 0 Å². The Morgan fingerprint density at radius 1 is 0.881 bits per heavy atom. The van der Waals surface area contributed by atoms with Crippen LogP contribution in [0.1, 0.15) is 63.5 Å². The van der Waals surface area contributed by atoms with Gasteiger partial charge in [0.15, 0.2) is 17.1 Å². The van der Waals surface area contributed by atoms with Gasteiger partial charge in [-0.1, -0.05) is 63.8 Å². The van der Waals surface area contributed by atoms with Crippen LogP contribution in [-0.2, 0) is 71.8 Å². The summed E-state index contributed by atoms with van der Waals surface area (Å²) in [6, 6.07) is 12.8. The summed E-state index contributed by atoms with van der Waals surface area (Å²) in [5.74, 6) is 0.834. The number of hydrogen-bond donors (Lipinski definition) is 0. The molecule has 0 N–H and O–H groups in total. The van der Waals surface area contributed by atoms with Gasteiger partial charge in [-0.05, 0) is 93.8 Å². The predicted octanol–water partition coefficient (Wildman–Crippen LogP) is 4.45. The van der Waals surface area contributed by atoms with E-state index in [4.69, 9.17) is 21.9 Å². The van der Waals surface area contributed by atoms with Crippen molar-refractivity contribution in [2.45, 2.75) is 62.2 Å². The van der Waals surface area contributed by atoms with Gasteiger partial charge in [-0.25, -0.2) is 16.8 Å². The molecule has 0 bridgehead atoms. The van der Waals surface area contributed by atoms with Crippen molar-refractivity contribution in [2.75, 3.05) is 0 Å². The fraction of sp³-hybridized carbons (Fsp3) is 0.400. The summed E-state index contributed by atoms with van der Waals surface area (Å²) in [6.07, 6.45) is 2.02. The van der Waals surface area contributed by atoms with Gasteiger partial charge in [0, 0.05) is 10.7 Å². The van der Waals surface area contributed by atoms with Crippen molar-refractivity contribution in [3.63, 3.8) is 0 Å². The van der Waals surface area contributed by atoms with Gasteiger partial charge in [0.2, 0.25) is 0 Å². The molecule has 0 saturated carbocycles. The van der Waals surface area contributed by atoms with Crippen molar-refractivity contribution in [1.82, 2.24) is 0 Å². The molecule has 0 spiro atoms. The quantitative estimate of drug-likeness (QED) is 0.136. The summed E-state index contributed by atoms with van der Waals surface area (Å²) in [4.78, 5) is -0.00391. The minimum absolute atomic E-state index is 0. The van der Waals surface area contributed by atoms with Gasteiger partial charge >= 0.3 is 108 Å².